The predicted octanol–water partition coefficient (Wildman–Crippen LogP) is 4.22. The molecule has 3 aromatic carbocycles. The summed E-state index contributed by atoms with van der Waals surface area (Å²) in [4.78, 5) is 13.2. The Morgan fingerprint density at radius 2 is 1.54 bits per heavy atom. The highest BCUT2D eigenvalue weighted by molar-refractivity contribution is 5.89. The van der Waals surface area contributed by atoms with Crippen LogP contribution in [0.1, 0.15) is 17.0 Å². The number of carbonyl (C=O) groups excluding carboxylic acids is 1. The molecule has 0 unspecified atom stereocenters. The summed E-state index contributed by atoms with van der Waals surface area (Å²) in [5, 5.41) is 15.9. The van der Waals surface area contributed by atoms with Crippen LogP contribution in [0.2, 0.25) is 0 Å². The van der Waals surface area contributed by atoms with Crippen molar-refractivity contribution in [1.29, 1.82) is 0 Å². The van der Waals surface area contributed by atoms with Gasteiger partial charge in [0.2, 0.25) is 11.8 Å². The zero-order valence-electron chi connectivity index (χ0n) is 18.7. The third-order valence-electron chi connectivity index (χ3n) is 5.86. The second-order valence-electron chi connectivity index (χ2n) is 8.08. The van der Waals surface area contributed by atoms with Crippen molar-refractivity contribution < 1.29 is 14.3 Å². The Morgan fingerprint density at radius 3 is 2.29 bits per heavy atom. The SMILES string of the molecule is O=C(NCCOc1ccc2nnc(-c3ccccc3)n2n1)C1c2ccccc2Oc2ccccc21. The summed E-state index contributed by atoms with van der Waals surface area (Å²) >= 11 is 0. The lowest BCUT2D eigenvalue weighted by Crippen LogP contribution is -2.34. The van der Waals surface area contributed by atoms with Crippen molar-refractivity contribution in [2.75, 3.05) is 13.2 Å². The summed E-state index contributed by atoms with van der Waals surface area (Å²) in [5.74, 6) is 1.90. The van der Waals surface area contributed by atoms with Gasteiger partial charge < -0.3 is 14.8 Å². The quantitative estimate of drug-likeness (QED) is 0.379. The molecule has 0 fully saturated rings. The first-order valence-electron chi connectivity index (χ1n) is 11.3. The summed E-state index contributed by atoms with van der Waals surface area (Å²) in [6.45, 7) is 0.591. The van der Waals surface area contributed by atoms with Gasteiger partial charge in [-0.3, -0.25) is 4.79 Å². The van der Waals surface area contributed by atoms with Gasteiger partial charge in [-0.15, -0.1) is 15.3 Å². The van der Waals surface area contributed by atoms with E-state index < -0.39 is 5.92 Å². The van der Waals surface area contributed by atoms with E-state index in [2.05, 4.69) is 20.6 Å². The van der Waals surface area contributed by atoms with Gasteiger partial charge in [-0.1, -0.05) is 66.7 Å². The average Bonchev–Trinajstić information content (AvgIpc) is 3.33. The number of amides is 1. The highest BCUT2D eigenvalue weighted by Gasteiger charge is 2.32. The van der Waals surface area contributed by atoms with E-state index >= 15 is 0 Å². The van der Waals surface area contributed by atoms with Crippen LogP contribution in [0.4, 0.5) is 0 Å². The largest absolute Gasteiger partial charge is 0.475 e. The Morgan fingerprint density at radius 1 is 0.857 bits per heavy atom. The summed E-state index contributed by atoms with van der Waals surface area (Å²) in [7, 11) is 0. The normalized spacial score (nSPS) is 12.5. The Balaban J connectivity index is 1.14. The zero-order valence-corrected chi connectivity index (χ0v) is 18.7. The van der Waals surface area contributed by atoms with Crippen molar-refractivity contribution >= 4 is 11.6 Å². The van der Waals surface area contributed by atoms with Crippen LogP contribution < -0.4 is 14.8 Å². The fourth-order valence-electron chi connectivity index (χ4n) is 4.24. The van der Waals surface area contributed by atoms with Crippen LogP contribution >= 0.6 is 0 Å². The van der Waals surface area contributed by atoms with Gasteiger partial charge in [0.1, 0.15) is 18.1 Å². The summed E-state index contributed by atoms with van der Waals surface area (Å²) < 4.78 is 13.5. The van der Waals surface area contributed by atoms with Crippen LogP contribution in [0.15, 0.2) is 91.0 Å². The minimum absolute atomic E-state index is 0.106. The molecule has 172 valence electrons. The number of nitrogens with one attached hydrogen (secondary N) is 1. The third kappa shape index (κ3) is 3.95. The second kappa shape index (κ2) is 8.90. The molecule has 6 rings (SSSR count). The Labute approximate surface area is 201 Å². The van der Waals surface area contributed by atoms with Crippen LogP contribution in [-0.4, -0.2) is 38.9 Å². The smallest absolute Gasteiger partial charge is 0.232 e. The molecule has 0 saturated heterocycles. The molecule has 1 N–H and O–H groups in total. The van der Waals surface area contributed by atoms with Gasteiger partial charge in [0.25, 0.3) is 0 Å². The van der Waals surface area contributed by atoms with Crippen molar-refractivity contribution in [2.45, 2.75) is 5.92 Å². The van der Waals surface area contributed by atoms with Crippen LogP contribution in [0.25, 0.3) is 17.0 Å². The van der Waals surface area contributed by atoms with Gasteiger partial charge in [-0.2, -0.15) is 4.52 Å². The van der Waals surface area contributed by atoms with Gasteiger partial charge in [-0.05, 0) is 18.2 Å². The van der Waals surface area contributed by atoms with Gasteiger partial charge in [0.15, 0.2) is 11.5 Å². The molecule has 1 amide bonds. The molecule has 8 nitrogen and oxygen atoms in total. The Hall–Kier alpha value is -4.72. The predicted molar refractivity (Wildman–Crippen MR) is 130 cm³/mol. The number of carbonyl (C=O) groups is 1. The van der Waals surface area contributed by atoms with Crippen molar-refractivity contribution in [3.63, 3.8) is 0 Å². The molecule has 5 aromatic rings. The molecule has 0 atom stereocenters. The Bertz CT molecular complexity index is 1470. The lowest BCUT2D eigenvalue weighted by molar-refractivity contribution is -0.121. The van der Waals surface area contributed by atoms with Crippen LogP contribution in [-0.2, 0) is 4.79 Å². The number of hydrogen-bond donors (Lipinski definition) is 1. The van der Waals surface area contributed by atoms with Gasteiger partial charge in [-0.25, -0.2) is 0 Å². The van der Waals surface area contributed by atoms with E-state index in [0.29, 0.717) is 35.4 Å². The minimum Gasteiger partial charge on any atom is -0.475 e. The van der Waals surface area contributed by atoms with Crippen molar-refractivity contribution in [3.05, 3.63) is 102 Å². The van der Waals surface area contributed by atoms with Gasteiger partial charge in [0, 0.05) is 22.8 Å². The first-order valence-corrected chi connectivity index (χ1v) is 11.3. The number of aromatic nitrogens is 4. The highest BCUT2D eigenvalue weighted by atomic mass is 16.5. The maximum atomic E-state index is 13.2. The molecule has 0 aliphatic carbocycles. The summed E-state index contributed by atoms with van der Waals surface area (Å²) in [6, 6.07) is 28.5. The van der Waals surface area contributed by atoms with Gasteiger partial charge >= 0.3 is 0 Å². The maximum Gasteiger partial charge on any atom is 0.232 e. The fraction of sp³-hybridized carbons (Fsp3) is 0.111. The molecule has 2 aromatic heterocycles. The van der Waals surface area contributed by atoms with Crippen LogP contribution in [0, 0.1) is 0 Å². The molecule has 1 aliphatic rings. The number of para-hydroxylation sites is 2. The molecule has 0 spiro atoms. The lowest BCUT2D eigenvalue weighted by atomic mass is 9.87. The topological polar surface area (TPSA) is 90.6 Å². The van der Waals surface area contributed by atoms with Crippen molar-refractivity contribution in [1.82, 2.24) is 25.1 Å². The zero-order chi connectivity index (χ0) is 23.6. The molecule has 0 bridgehead atoms. The summed E-state index contributed by atoms with van der Waals surface area (Å²) in [5.41, 5.74) is 3.23. The standard InChI is InChI=1S/C27H21N5O3/c33-27(25-19-10-4-6-12-21(19)35-22-13-7-5-11-20(22)25)28-16-17-34-24-15-14-23-29-30-26(32(23)31-24)18-8-2-1-3-9-18/h1-15,25H,16-17H2,(H,28,33). The number of hydrogen-bond acceptors (Lipinski definition) is 6. The van der Waals surface area contributed by atoms with Crippen LogP contribution in [0.5, 0.6) is 17.4 Å². The number of ether oxygens (including phenoxy) is 2. The average molecular weight is 463 g/mol. The molecule has 3 heterocycles. The fourth-order valence-corrected chi connectivity index (χ4v) is 4.24. The van der Waals surface area contributed by atoms with E-state index in [1.807, 2.05) is 78.9 Å². The number of rotatable bonds is 6. The van der Waals surface area contributed by atoms with E-state index in [-0.39, 0.29) is 12.5 Å². The van der Waals surface area contributed by atoms with E-state index in [1.54, 1.807) is 16.6 Å². The number of nitrogens with zero attached hydrogens (tertiary/aromatic N) is 4. The monoisotopic (exact) mass is 463 g/mol. The highest BCUT2D eigenvalue weighted by Crippen LogP contribution is 2.43. The molecular formula is C27H21N5O3. The minimum atomic E-state index is -0.448. The van der Waals surface area contributed by atoms with E-state index in [4.69, 9.17) is 9.47 Å². The molecule has 0 saturated carbocycles. The van der Waals surface area contributed by atoms with E-state index in [9.17, 15) is 4.79 Å². The molecular weight excluding hydrogens is 442 g/mol. The van der Waals surface area contributed by atoms with Crippen LogP contribution in [0.3, 0.4) is 0 Å². The Kier molecular flexibility index (Phi) is 5.31. The van der Waals surface area contributed by atoms with Crippen molar-refractivity contribution in [2.24, 2.45) is 0 Å². The molecule has 1 aliphatic heterocycles. The maximum absolute atomic E-state index is 13.2. The first-order chi connectivity index (χ1) is 17.3. The third-order valence-corrected chi connectivity index (χ3v) is 5.86. The lowest BCUT2D eigenvalue weighted by Gasteiger charge is -2.27. The number of benzene rings is 3. The first kappa shape index (κ1) is 20.9. The van der Waals surface area contributed by atoms with Crippen molar-refractivity contribution in [3.8, 4) is 28.8 Å². The molecule has 35 heavy (non-hydrogen) atoms. The molecule has 8 heteroatoms. The summed E-state index contributed by atoms with van der Waals surface area (Å²) in [6.07, 6.45) is 0. The second-order valence-corrected chi connectivity index (χ2v) is 8.08. The van der Waals surface area contributed by atoms with E-state index in [1.165, 1.54) is 0 Å². The molecule has 0 radical (unpaired) electrons. The van der Waals surface area contributed by atoms with E-state index in [0.717, 1.165) is 16.7 Å². The van der Waals surface area contributed by atoms with Gasteiger partial charge in [0.05, 0.1) is 12.5 Å². The number of fused-ring (bicyclic) bond motifs is 3.